The Morgan fingerprint density at radius 2 is 0.865 bits per heavy atom. The molecule has 1 heterocycles. The number of nitrogens with one attached hydrogen (secondary N) is 2. The second kappa shape index (κ2) is 24.0. The monoisotopic (exact) mass is 703 g/mol. The molecule has 2 N–H and O–H groups in total. The van der Waals surface area contributed by atoms with Gasteiger partial charge in [0.05, 0.1) is 0 Å². The van der Waals surface area contributed by atoms with E-state index in [0.29, 0.717) is 17.0 Å². The summed E-state index contributed by atoms with van der Waals surface area (Å²) in [6, 6.07) is 25.0. The maximum atomic E-state index is 13.4. The molecule has 0 aliphatic rings. The number of amides is 2. The lowest BCUT2D eigenvalue weighted by Crippen LogP contribution is -2.19. The van der Waals surface area contributed by atoms with Crippen LogP contribution in [0.5, 0.6) is 0 Å². The summed E-state index contributed by atoms with van der Waals surface area (Å²) < 4.78 is 0. The van der Waals surface area contributed by atoms with Crippen LogP contribution in [0.1, 0.15) is 161 Å². The average Bonchev–Trinajstić information content (AvgIpc) is 3.17. The zero-order valence-corrected chi connectivity index (χ0v) is 31.8. The second-order valence-electron chi connectivity index (χ2n) is 14.1. The van der Waals surface area contributed by atoms with Crippen molar-refractivity contribution in [3.05, 3.63) is 101 Å². The number of carbonyl (C=O) groups excluding carboxylic acids is 2. The lowest BCUT2D eigenvalue weighted by molar-refractivity contribution is 0.101. The summed E-state index contributed by atoms with van der Waals surface area (Å²) in [6.07, 6.45) is 25.0. The number of aromatic nitrogens is 3. The molecule has 0 bridgehead atoms. The Bertz CT molecular complexity index is 1530. The van der Waals surface area contributed by atoms with E-state index >= 15 is 0 Å². The summed E-state index contributed by atoms with van der Waals surface area (Å²) in [5.41, 5.74) is 4.13. The molecular weight excluding hydrogens is 643 g/mol. The molecule has 0 saturated carbocycles. The maximum absolute atomic E-state index is 13.4. The lowest BCUT2D eigenvalue weighted by Gasteiger charge is -2.11. The van der Waals surface area contributed by atoms with Gasteiger partial charge in [0.15, 0.2) is 5.82 Å². The summed E-state index contributed by atoms with van der Waals surface area (Å²) in [5.74, 6) is -0.0872. The first kappa shape index (κ1) is 40.4. The first-order chi connectivity index (χ1) is 25.6. The van der Waals surface area contributed by atoms with Crippen LogP contribution in [0.3, 0.4) is 0 Å². The number of hydrogen-bond acceptors (Lipinski definition) is 5. The summed E-state index contributed by atoms with van der Waals surface area (Å²) in [4.78, 5) is 40.4. The molecule has 0 aliphatic carbocycles. The van der Waals surface area contributed by atoms with Gasteiger partial charge in [-0.3, -0.25) is 20.2 Å². The average molecular weight is 704 g/mol. The van der Waals surface area contributed by atoms with Crippen LogP contribution in [0.4, 0.5) is 11.9 Å². The quantitative estimate of drug-likeness (QED) is 0.0670. The fraction of sp³-hybridized carbons (Fsp3) is 0.489. The summed E-state index contributed by atoms with van der Waals surface area (Å²) in [7, 11) is 0. The predicted molar refractivity (Wildman–Crippen MR) is 216 cm³/mol. The van der Waals surface area contributed by atoms with Crippen LogP contribution in [0.25, 0.3) is 11.4 Å². The Labute approximate surface area is 312 Å². The number of anilines is 2. The van der Waals surface area contributed by atoms with Gasteiger partial charge < -0.3 is 0 Å². The largest absolute Gasteiger partial charge is 0.290 e. The molecule has 0 fully saturated rings. The van der Waals surface area contributed by atoms with E-state index in [1.54, 1.807) is 12.1 Å². The molecule has 0 unspecified atom stereocenters. The molecule has 0 atom stereocenters. The standard InChI is InChI=1S/C45H61N5O2/c1-3-5-7-9-11-13-15-17-20-26-36-28-24-32-39(34-36)42(51)48-44-46-41(38-30-22-19-23-31-38)47-45(50-44)49-43(52)40-33-25-29-37(35-40)27-21-18-16-14-12-10-8-6-4-2/h19,22-25,28-35H,3-18,20-21,26-27H2,1-2H3,(H2,46,47,48,49,50,51,52). The third kappa shape index (κ3) is 15.1. The number of benzene rings is 3. The van der Waals surface area contributed by atoms with Crippen molar-refractivity contribution in [2.24, 2.45) is 0 Å². The Kier molecular flexibility index (Phi) is 18.6. The SMILES string of the molecule is CCCCCCCCCCCc1cccc(C(=O)Nc2nc(NC(=O)c3cccc(CCCCCCCCCCC)c3)nc(-c3ccccc3)n2)c1. The van der Waals surface area contributed by atoms with E-state index in [1.165, 1.54) is 103 Å². The van der Waals surface area contributed by atoms with Gasteiger partial charge in [0.25, 0.3) is 11.8 Å². The molecule has 278 valence electrons. The highest BCUT2D eigenvalue weighted by atomic mass is 16.2. The van der Waals surface area contributed by atoms with Crippen molar-refractivity contribution in [2.75, 3.05) is 10.6 Å². The Morgan fingerprint density at radius 3 is 1.29 bits per heavy atom. The molecule has 3 aromatic carbocycles. The van der Waals surface area contributed by atoms with Crippen LogP contribution in [-0.2, 0) is 12.8 Å². The van der Waals surface area contributed by atoms with Gasteiger partial charge in [0.2, 0.25) is 11.9 Å². The van der Waals surface area contributed by atoms with Crippen molar-refractivity contribution >= 4 is 23.7 Å². The minimum absolute atomic E-state index is 0.0811. The molecule has 7 heteroatoms. The lowest BCUT2D eigenvalue weighted by atomic mass is 10.0. The zero-order chi connectivity index (χ0) is 36.6. The van der Waals surface area contributed by atoms with Gasteiger partial charge in [-0.25, -0.2) is 0 Å². The number of carbonyl (C=O) groups is 2. The second-order valence-corrected chi connectivity index (χ2v) is 14.1. The van der Waals surface area contributed by atoms with Gasteiger partial charge in [0, 0.05) is 16.7 Å². The maximum Gasteiger partial charge on any atom is 0.258 e. The van der Waals surface area contributed by atoms with Crippen LogP contribution in [-0.4, -0.2) is 26.8 Å². The fourth-order valence-corrected chi connectivity index (χ4v) is 6.57. The van der Waals surface area contributed by atoms with Gasteiger partial charge in [-0.1, -0.05) is 171 Å². The smallest absolute Gasteiger partial charge is 0.258 e. The van der Waals surface area contributed by atoms with Crippen LogP contribution in [0.15, 0.2) is 78.9 Å². The molecule has 1 aromatic heterocycles. The van der Waals surface area contributed by atoms with Crippen molar-refractivity contribution in [2.45, 2.75) is 142 Å². The summed E-state index contributed by atoms with van der Waals surface area (Å²) in [5, 5.41) is 5.72. The molecule has 7 nitrogen and oxygen atoms in total. The molecule has 0 radical (unpaired) electrons. The van der Waals surface area contributed by atoms with E-state index in [-0.39, 0.29) is 23.7 Å². The van der Waals surface area contributed by atoms with Gasteiger partial charge >= 0.3 is 0 Å². The highest BCUT2D eigenvalue weighted by Crippen LogP contribution is 2.20. The van der Waals surface area contributed by atoms with E-state index in [9.17, 15) is 9.59 Å². The molecule has 52 heavy (non-hydrogen) atoms. The Hall–Kier alpha value is -4.39. The summed E-state index contributed by atoms with van der Waals surface area (Å²) >= 11 is 0. The summed E-state index contributed by atoms with van der Waals surface area (Å²) in [6.45, 7) is 4.51. The minimum atomic E-state index is -0.305. The van der Waals surface area contributed by atoms with Crippen molar-refractivity contribution in [1.29, 1.82) is 0 Å². The number of rotatable bonds is 25. The van der Waals surface area contributed by atoms with Crippen molar-refractivity contribution in [1.82, 2.24) is 15.0 Å². The van der Waals surface area contributed by atoms with E-state index in [2.05, 4.69) is 51.6 Å². The van der Waals surface area contributed by atoms with Crippen LogP contribution < -0.4 is 10.6 Å². The van der Waals surface area contributed by atoms with E-state index in [4.69, 9.17) is 0 Å². The van der Waals surface area contributed by atoms with Gasteiger partial charge in [-0.2, -0.15) is 15.0 Å². The predicted octanol–water partition coefficient (Wildman–Crippen LogP) is 12.2. The third-order valence-corrected chi connectivity index (χ3v) is 9.63. The topological polar surface area (TPSA) is 96.9 Å². The van der Waals surface area contributed by atoms with Crippen molar-refractivity contribution in [3.8, 4) is 11.4 Å². The van der Waals surface area contributed by atoms with Crippen LogP contribution in [0, 0.1) is 0 Å². The molecule has 2 amide bonds. The van der Waals surface area contributed by atoms with Crippen molar-refractivity contribution in [3.63, 3.8) is 0 Å². The molecule has 0 spiro atoms. The number of aryl methyl sites for hydroxylation is 2. The highest BCUT2D eigenvalue weighted by Gasteiger charge is 2.16. The van der Waals surface area contributed by atoms with E-state index < -0.39 is 0 Å². The number of unbranched alkanes of at least 4 members (excludes halogenated alkanes) is 16. The highest BCUT2D eigenvalue weighted by molar-refractivity contribution is 6.05. The normalized spacial score (nSPS) is 11.0. The first-order valence-electron chi connectivity index (χ1n) is 20.2. The van der Waals surface area contributed by atoms with E-state index in [0.717, 1.165) is 42.4 Å². The Morgan fingerprint density at radius 1 is 0.462 bits per heavy atom. The van der Waals surface area contributed by atoms with Gasteiger partial charge in [0.1, 0.15) is 0 Å². The molecule has 4 rings (SSSR count). The number of hydrogen-bond donors (Lipinski definition) is 2. The molecule has 0 saturated heterocycles. The van der Waals surface area contributed by atoms with Crippen LogP contribution in [0.2, 0.25) is 0 Å². The fourth-order valence-electron chi connectivity index (χ4n) is 6.57. The number of nitrogens with zero attached hydrogens (tertiary/aromatic N) is 3. The van der Waals surface area contributed by atoms with Crippen LogP contribution >= 0.6 is 0 Å². The third-order valence-electron chi connectivity index (χ3n) is 9.63. The van der Waals surface area contributed by atoms with Crippen molar-refractivity contribution < 1.29 is 9.59 Å². The molecule has 4 aromatic rings. The molecular formula is C45H61N5O2. The first-order valence-corrected chi connectivity index (χ1v) is 20.2. The minimum Gasteiger partial charge on any atom is -0.290 e. The van der Waals surface area contributed by atoms with E-state index in [1.807, 2.05) is 54.6 Å². The zero-order valence-electron chi connectivity index (χ0n) is 31.8. The van der Waals surface area contributed by atoms with Gasteiger partial charge in [-0.15, -0.1) is 0 Å². The molecule has 0 aliphatic heterocycles. The van der Waals surface area contributed by atoms with Gasteiger partial charge in [-0.05, 0) is 61.1 Å². The Balaban J connectivity index is 1.34.